The Morgan fingerprint density at radius 1 is 1.52 bits per heavy atom. The van der Waals surface area contributed by atoms with Crippen LogP contribution in [0.4, 0.5) is 5.95 Å². The first-order chi connectivity index (χ1) is 10.2. The second kappa shape index (κ2) is 5.08. The lowest BCUT2D eigenvalue weighted by Crippen LogP contribution is -2.29. The zero-order chi connectivity index (χ0) is 15.0. The van der Waals surface area contributed by atoms with Crippen LogP contribution in [0.25, 0.3) is 0 Å². The average Bonchev–Trinajstić information content (AvgIpc) is 3.12. The molecule has 21 heavy (non-hydrogen) atoms. The van der Waals surface area contributed by atoms with Gasteiger partial charge in [0, 0.05) is 5.70 Å². The molecule has 0 aliphatic carbocycles. The molecule has 0 fully saturated rings. The molecule has 1 N–H and O–H groups in total. The number of furan rings is 1. The van der Waals surface area contributed by atoms with Crippen LogP contribution in [0.3, 0.4) is 0 Å². The van der Waals surface area contributed by atoms with Gasteiger partial charge in [0.2, 0.25) is 5.95 Å². The average molecular weight is 288 g/mol. The molecule has 0 spiro atoms. The van der Waals surface area contributed by atoms with E-state index in [1.54, 1.807) is 4.68 Å². The SMILES string of the molecule is CCC1=C(C(=O)OC)C(c2ccc(C)o2)n2ncnc2N1. The van der Waals surface area contributed by atoms with E-state index in [0.29, 0.717) is 23.7 Å². The van der Waals surface area contributed by atoms with Crippen LogP contribution in [0.2, 0.25) is 0 Å². The van der Waals surface area contributed by atoms with Crippen molar-refractivity contribution in [1.82, 2.24) is 14.8 Å². The highest BCUT2D eigenvalue weighted by Crippen LogP contribution is 2.36. The second-order valence-corrected chi connectivity index (χ2v) is 4.74. The fourth-order valence-electron chi connectivity index (χ4n) is 2.50. The Labute approximate surface area is 121 Å². The number of hydrogen-bond donors (Lipinski definition) is 1. The van der Waals surface area contributed by atoms with Crippen molar-refractivity contribution in [1.29, 1.82) is 0 Å². The Hall–Kier alpha value is -2.57. The Balaban J connectivity index is 2.20. The zero-order valence-electron chi connectivity index (χ0n) is 12.1. The van der Waals surface area contributed by atoms with Crippen molar-refractivity contribution in [3.05, 3.63) is 41.3 Å². The molecule has 3 rings (SSSR count). The van der Waals surface area contributed by atoms with Crippen molar-refractivity contribution >= 4 is 11.9 Å². The van der Waals surface area contributed by atoms with Gasteiger partial charge < -0.3 is 14.5 Å². The molecule has 0 bridgehead atoms. The number of allylic oxidation sites excluding steroid dienone is 1. The number of methoxy groups -OCH3 is 1. The molecule has 1 aliphatic rings. The molecule has 0 radical (unpaired) electrons. The molecule has 7 nitrogen and oxygen atoms in total. The third-order valence-electron chi connectivity index (χ3n) is 3.47. The quantitative estimate of drug-likeness (QED) is 0.870. The molecule has 0 saturated carbocycles. The minimum absolute atomic E-state index is 0.403. The van der Waals surface area contributed by atoms with Gasteiger partial charge in [-0.15, -0.1) is 0 Å². The lowest BCUT2D eigenvalue weighted by atomic mass is 9.99. The second-order valence-electron chi connectivity index (χ2n) is 4.74. The van der Waals surface area contributed by atoms with Crippen LogP contribution in [-0.2, 0) is 9.53 Å². The smallest absolute Gasteiger partial charge is 0.338 e. The van der Waals surface area contributed by atoms with Gasteiger partial charge in [-0.3, -0.25) is 0 Å². The van der Waals surface area contributed by atoms with Crippen molar-refractivity contribution in [3.63, 3.8) is 0 Å². The van der Waals surface area contributed by atoms with E-state index < -0.39 is 12.0 Å². The summed E-state index contributed by atoms with van der Waals surface area (Å²) in [5.41, 5.74) is 1.26. The molecule has 3 heterocycles. The van der Waals surface area contributed by atoms with E-state index >= 15 is 0 Å². The number of nitrogens with one attached hydrogen (secondary N) is 1. The number of esters is 1. The number of ether oxygens (including phenoxy) is 1. The summed E-state index contributed by atoms with van der Waals surface area (Å²) >= 11 is 0. The summed E-state index contributed by atoms with van der Waals surface area (Å²) in [7, 11) is 1.36. The third kappa shape index (κ3) is 2.10. The molecule has 1 unspecified atom stereocenters. The number of hydrogen-bond acceptors (Lipinski definition) is 6. The molecule has 7 heteroatoms. The van der Waals surface area contributed by atoms with Crippen LogP contribution in [-0.4, -0.2) is 27.8 Å². The van der Waals surface area contributed by atoms with Crippen LogP contribution in [0, 0.1) is 6.92 Å². The Kier molecular flexibility index (Phi) is 3.25. The first-order valence-corrected chi connectivity index (χ1v) is 6.70. The summed E-state index contributed by atoms with van der Waals surface area (Å²) in [5.74, 6) is 1.58. The molecule has 2 aromatic heterocycles. The molecular weight excluding hydrogens is 272 g/mol. The normalized spacial score (nSPS) is 17.4. The monoisotopic (exact) mass is 288 g/mol. The van der Waals surface area contributed by atoms with Crippen LogP contribution < -0.4 is 5.32 Å². The number of carbonyl (C=O) groups excluding carboxylic acids is 1. The van der Waals surface area contributed by atoms with E-state index in [-0.39, 0.29) is 0 Å². The van der Waals surface area contributed by atoms with E-state index in [2.05, 4.69) is 15.4 Å². The van der Waals surface area contributed by atoms with E-state index in [0.717, 1.165) is 11.5 Å². The number of carbonyl (C=O) groups is 1. The summed E-state index contributed by atoms with van der Waals surface area (Å²) in [5, 5.41) is 7.33. The Bertz CT molecular complexity index is 713. The summed E-state index contributed by atoms with van der Waals surface area (Å²) in [6.07, 6.45) is 2.09. The minimum Gasteiger partial charge on any atom is -0.466 e. The van der Waals surface area contributed by atoms with E-state index in [1.807, 2.05) is 26.0 Å². The van der Waals surface area contributed by atoms with Gasteiger partial charge in [0.05, 0.1) is 12.7 Å². The largest absolute Gasteiger partial charge is 0.466 e. The number of nitrogens with zero attached hydrogens (tertiary/aromatic N) is 3. The molecule has 0 saturated heterocycles. The lowest BCUT2D eigenvalue weighted by molar-refractivity contribution is -0.136. The highest BCUT2D eigenvalue weighted by molar-refractivity contribution is 5.92. The third-order valence-corrected chi connectivity index (χ3v) is 3.47. The molecule has 0 amide bonds. The number of rotatable bonds is 3. The molecule has 110 valence electrons. The molecule has 1 atom stereocenters. The van der Waals surface area contributed by atoms with Crippen LogP contribution in [0.15, 0.2) is 34.1 Å². The molecule has 1 aliphatic heterocycles. The maximum Gasteiger partial charge on any atom is 0.338 e. The van der Waals surface area contributed by atoms with Gasteiger partial charge in [0.15, 0.2) is 0 Å². The number of anilines is 1. The molecular formula is C14H16N4O3. The Morgan fingerprint density at radius 3 is 2.95 bits per heavy atom. The summed E-state index contributed by atoms with van der Waals surface area (Å²) in [4.78, 5) is 16.4. The van der Waals surface area contributed by atoms with Gasteiger partial charge >= 0.3 is 5.97 Å². The van der Waals surface area contributed by atoms with Gasteiger partial charge in [-0.25, -0.2) is 9.48 Å². The maximum atomic E-state index is 12.2. The van der Waals surface area contributed by atoms with E-state index in [9.17, 15) is 4.79 Å². The fourth-order valence-corrected chi connectivity index (χ4v) is 2.50. The molecule has 0 aromatic carbocycles. The van der Waals surface area contributed by atoms with Crippen molar-refractivity contribution < 1.29 is 13.9 Å². The summed E-state index contributed by atoms with van der Waals surface area (Å²) in [6, 6.07) is 3.22. The first kappa shape index (κ1) is 13.4. The topological polar surface area (TPSA) is 82.2 Å². The molecule has 2 aromatic rings. The van der Waals surface area contributed by atoms with Crippen LogP contribution in [0.1, 0.15) is 30.9 Å². The van der Waals surface area contributed by atoms with Gasteiger partial charge in [-0.05, 0) is 25.5 Å². The highest BCUT2D eigenvalue weighted by atomic mass is 16.5. The number of fused-ring (bicyclic) bond motifs is 1. The van der Waals surface area contributed by atoms with E-state index in [4.69, 9.17) is 9.15 Å². The minimum atomic E-state index is -0.472. The van der Waals surface area contributed by atoms with Crippen molar-refractivity contribution in [2.24, 2.45) is 0 Å². The van der Waals surface area contributed by atoms with Crippen molar-refractivity contribution in [3.8, 4) is 0 Å². The predicted octanol–water partition coefficient (Wildman–Crippen LogP) is 2.03. The van der Waals surface area contributed by atoms with E-state index in [1.165, 1.54) is 13.4 Å². The number of aromatic nitrogens is 3. The maximum absolute atomic E-state index is 12.2. The Morgan fingerprint density at radius 2 is 2.33 bits per heavy atom. The zero-order valence-corrected chi connectivity index (χ0v) is 12.1. The first-order valence-electron chi connectivity index (χ1n) is 6.70. The van der Waals surface area contributed by atoms with Crippen molar-refractivity contribution in [2.45, 2.75) is 26.3 Å². The van der Waals surface area contributed by atoms with Gasteiger partial charge in [-0.2, -0.15) is 10.1 Å². The lowest BCUT2D eigenvalue weighted by Gasteiger charge is -2.27. The highest BCUT2D eigenvalue weighted by Gasteiger charge is 2.36. The summed E-state index contributed by atoms with van der Waals surface area (Å²) < 4.78 is 12.3. The summed E-state index contributed by atoms with van der Waals surface area (Å²) in [6.45, 7) is 3.82. The van der Waals surface area contributed by atoms with Gasteiger partial charge in [-0.1, -0.05) is 6.92 Å². The van der Waals surface area contributed by atoms with Crippen LogP contribution >= 0.6 is 0 Å². The van der Waals surface area contributed by atoms with Gasteiger partial charge in [0.1, 0.15) is 23.9 Å². The van der Waals surface area contributed by atoms with Crippen molar-refractivity contribution in [2.75, 3.05) is 12.4 Å². The standard InChI is InChI=1S/C14H16N4O3/c1-4-9-11(13(19)20-3)12(10-6-5-8(2)21-10)18-14(17-9)15-7-16-18/h5-7,12H,4H2,1-3H3,(H,15,16,17). The number of aryl methyl sites for hydroxylation is 1. The van der Waals surface area contributed by atoms with Crippen LogP contribution in [0.5, 0.6) is 0 Å². The van der Waals surface area contributed by atoms with Gasteiger partial charge in [0.25, 0.3) is 0 Å². The predicted molar refractivity (Wildman–Crippen MR) is 74.6 cm³/mol. The fraction of sp³-hybridized carbons (Fsp3) is 0.357.